The summed E-state index contributed by atoms with van der Waals surface area (Å²) >= 11 is 15.9. The van der Waals surface area contributed by atoms with Crippen LogP contribution in [-0.2, 0) is 28.8 Å². The molecule has 0 saturated carbocycles. The van der Waals surface area contributed by atoms with Crippen LogP contribution in [0.1, 0.15) is 12.8 Å². The summed E-state index contributed by atoms with van der Waals surface area (Å²) in [6, 6.07) is -5.95. The topological polar surface area (TPSA) is 223 Å². The third-order valence-electron chi connectivity index (χ3n) is 4.27. The predicted octanol–water partition coefficient (Wildman–Crippen LogP) is -3.68. The summed E-state index contributed by atoms with van der Waals surface area (Å²) in [6.45, 7) is 0. The van der Waals surface area contributed by atoms with Gasteiger partial charge in [-0.05, 0) is 6.42 Å². The van der Waals surface area contributed by atoms with Gasteiger partial charge >= 0.3 is 5.97 Å². The minimum absolute atomic E-state index is 0.0485. The Morgan fingerprint density at radius 2 is 1.00 bits per heavy atom. The van der Waals surface area contributed by atoms with E-state index < -0.39 is 65.7 Å². The highest BCUT2D eigenvalue weighted by Crippen LogP contribution is 2.01. The Hall–Kier alpha value is -1.82. The highest BCUT2D eigenvalue weighted by atomic mass is 32.1. The molecule has 0 spiro atoms. The van der Waals surface area contributed by atoms with Crippen molar-refractivity contribution in [3.05, 3.63) is 0 Å². The third-order valence-corrected chi connectivity index (χ3v) is 5.76. The molecular formula is C17H30N6O7S4. The summed E-state index contributed by atoms with van der Waals surface area (Å²) in [4.78, 5) is 71.6. The van der Waals surface area contributed by atoms with E-state index in [0.29, 0.717) is 0 Å². The van der Waals surface area contributed by atoms with Crippen molar-refractivity contribution < 1.29 is 33.9 Å². The fourth-order valence-electron chi connectivity index (χ4n) is 2.30. The molecule has 13 nitrogen and oxygen atoms in total. The van der Waals surface area contributed by atoms with Crippen molar-refractivity contribution in [3.8, 4) is 0 Å². The molecule has 0 unspecified atom stereocenters. The van der Waals surface area contributed by atoms with Gasteiger partial charge in [-0.3, -0.25) is 24.0 Å². The molecule has 0 heterocycles. The van der Waals surface area contributed by atoms with Gasteiger partial charge in [0.1, 0.15) is 24.2 Å². The molecule has 0 aromatic rings. The molecule has 0 rings (SSSR count). The minimum atomic E-state index is -1.41. The number of hydrogen-bond donors (Lipinski definition) is 11. The van der Waals surface area contributed by atoms with Gasteiger partial charge in [0.2, 0.25) is 29.5 Å². The summed E-state index contributed by atoms with van der Waals surface area (Å²) in [6.07, 6.45) is -0.517. The number of aliphatic carboxylic acids is 1. The molecule has 34 heavy (non-hydrogen) atoms. The van der Waals surface area contributed by atoms with E-state index in [0.717, 1.165) is 0 Å². The first kappa shape index (κ1) is 32.2. The van der Waals surface area contributed by atoms with Crippen molar-refractivity contribution in [2.24, 2.45) is 11.5 Å². The van der Waals surface area contributed by atoms with Gasteiger partial charge in [0.25, 0.3) is 0 Å². The molecule has 0 bridgehead atoms. The average Bonchev–Trinajstić information content (AvgIpc) is 2.80. The minimum Gasteiger partial charge on any atom is -0.480 e. The smallest absolute Gasteiger partial charge is 0.326 e. The van der Waals surface area contributed by atoms with E-state index in [1.165, 1.54) is 0 Å². The van der Waals surface area contributed by atoms with E-state index in [1.807, 2.05) is 0 Å². The van der Waals surface area contributed by atoms with Crippen molar-refractivity contribution >= 4 is 86.0 Å². The van der Waals surface area contributed by atoms with Crippen molar-refractivity contribution in [2.75, 3.05) is 23.0 Å². The second-order valence-corrected chi connectivity index (χ2v) is 8.39. The molecule has 5 amide bonds. The van der Waals surface area contributed by atoms with E-state index in [1.54, 1.807) is 0 Å². The molecule has 0 aromatic carbocycles. The fourth-order valence-corrected chi connectivity index (χ4v) is 3.24. The molecule has 0 fully saturated rings. The van der Waals surface area contributed by atoms with E-state index in [2.05, 4.69) is 71.8 Å². The van der Waals surface area contributed by atoms with Crippen molar-refractivity contribution in [1.29, 1.82) is 0 Å². The SMILES string of the molecule is NC(=O)CC[C@H](NC(=O)[C@H](CS)NC(=O)[C@H](CS)NC(=O)[C@H](CS)NC(=O)[C@@H](N)CS)C(=O)O. The number of primary amides is 1. The molecule has 0 aromatic heterocycles. The van der Waals surface area contributed by atoms with Crippen molar-refractivity contribution in [1.82, 2.24) is 21.3 Å². The first-order valence-electron chi connectivity index (χ1n) is 9.83. The van der Waals surface area contributed by atoms with E-state index in [4.69, 9.17) is 11.5 Å². The Bertz CT molecular complexity index is 760. The lowest BCUT2D eigenvalue weighted by molar-refractivity contribution is -0.142. The zero-order valence-electron chi connectivity index (χ0n) is 18.0. The number of hydrogen-bond acceptors (Lipinski definition) is 11. The number of nitrogens with two attached hydrogens (primary N) is 2. The Balaban J connectivity index is 5.15. The zero-order chi connectivity index (χ0) is 26.4. The largest absolute Gasteiger partial charge is 0.480 e. The molecular weight excluding hydrogens is 528 g/mol. The number of amides is 5. The number of rotatable bonds is 16. The van der Waals surface area contributed by atoms with Crippen LogP contribution < -0.4 is 32.7 Å². The van der Waals surface area contributed by atoms with Gasteiger partial charge in [-0.15, -0.1) is 0 Å². The van der Waals surface area contributed by atoms with Crippen LogP contribution in [0.3, 0.4) is 0 Å². The second kappa shape index (κ2) is 16.7. The molecule has 0 radical (unpaired) electrons. The van der Waals surface area contributed by atoms with E-state index >= 15 is 0 Å². The number of nitrogens with one attached hydrogen (secondary N) is 4. The Morgan fingerprint density at radius 1 is 0.647 bits per heavy atom. The van der Waals surface area contributed by atoms with Crippen molar-refractivity contribution in [3.63, 3.8) is 0 Å². The first-order chi connectivity index (χ1) is 15.9. The van der Waals surface area contributed by atoms with E-state index in [-0.39, 0.29) is 35.9 Å². The molecule has 0 aliphatic rings. The van der Waals surface area contributed by atoms with E-state index in [9.17, 15) is 33.9 Å². The normalized spacial score (nSPS) is 15.1. The number of carboxylic acid groups (broad SMARTS) is 1. The van der Waals surface area contributed by atoms with Gasteiger partial charge in [-0.1, -0.05) is 0 Å². The van der Waals surface area contributed by atoms with Gasteiger partial charge in [-0.2, -0.15) is 50.5 Å². The maximum Gasteiger partial charge on any atom is 0.326 e. The van der Waals surface area contributed by atoms with Gasteiger partial charge < -0.3 is 37.8 Å². The monoisotopic (exact) mass is 558 g/mol. The highest BCUT2D eigenvalue weighted by Gasteiger charge is 2.30. The number of carbonyl (C=O) groups is 6. The molecule has 194 valence electrons. The average molecular weight is 559 g/mol. The van der Waals surface area contributed by atoms with Crippen LogP contribution in [0.4, 0.5) is 0 Å². The van der Waals surface area contributed by atoms with Crippen LogP contribution in [0.25, 0.3) is 0 Å². The maximum atomic E-state index is 12.6. The number of carboxylic acids is 1. The molecule has 0 aliphatic carbocycles. The Labute approximate surface area is 218 Å². The second-order valence-electron chi connectivity index (χ2n) is 6.92. The molecule has 17 heteroatoms. The van der Waals surface area contributed by atoms with Gasteiger partial charge in [0.05, 0.1) is 6.04 Å². The van der Waals surface area contributed by atoms with Gasteiger partial charge in [0.15, 0.2) is 0 Å². The lowest BCUT2D eigenvalue weighted by Crippen LogP contribution is -2.59. The van der Waals surface area contributed by atoms with Crippen LogP contribution >= 0.6 is 50.5 Å². The van der Waals surface area contributed by atoms with Crippen LogP contribution in [0.2, 0.25) is 0 Å². The zero-order valence-corrected chi connectivity index (χ0v) is 21.5. The molecule has 5 atom stereocenters. The lowest BCUT2D eigenvalue weighted by atomic mass is 10.1. The number of carbonyl (C=O) groups excluding carboxylic acids is 5. The Morgan fingerprint density at radius 3 is 1.29 bits per heavy atom. The molecule has 9 N–H and O–H groups in total. The van der Waals surface area contributed by atoms with Crippen LogP contribution in [0.15, 0.2) is 0 Å². The summed E-state index contributed by atoms with van der Waals surface area (Å²) in [5.41, 5.74) is 10.6. The van der Waals surface area contributed by atoms with Crippen molar-refractivity contribution in [2.45, 2.75) is 43.1 Å². The standard InChI is InChI=1S/C17H30N6O7S4/c18-7(3-31)13(25)21-9(4-32)15(27)23-11(6-34)16(28)22-10(5-33)14(26)20-8(17(29)30)1-2-12(19)24/h7-11,31-34H,1-6,18H2,(H2,19,24)(H,20,26)(H,21,25)(H,22,28)(H,23,27)(H,29,30)/t7-,8-,9-,10-,11-/m0/s1. The first-order valence-corrected chi connectivity index (χ1v) is 12.4. The maximum absolute atomic E-state index is 12.6. The van der Waals surface area contributed by atoms with Crippen LogP contribution in [-0.4, -0.2) is 93.8 Å². The van der Waals surface area contributed by atoms with Gasteiger partial charge in [0, 0.05) is 29.4 Å². The van der Waals surface area contributed by atoms with Gasteiger partial charge in [-0.25, -0.2) is 4.79 Å². The highest BCUT2D eigenvalue weighted by molar-refractivity contribution is 7.80. The summed E-state index contributed by atoms with van der Waals surface area (Å²) in [5, 5.41) is 18.5. The number of thiol groups is 4. The fraction of sp³-hybridized carbons (Fsp3) is 0.647. The predicted molar refractivity (Wildman–Crippen MR) is 137 cm³/mol. The van der Waals surface area contributed by atoms with Crippen LogP contribution in [0.5, 0.6) is 0 Å². The summed E-state index contributed by atoms with van der Waals surface area (Å²) < 4.78 is 0. The summed E-state index contributed by atoms with van der Waals surface area (Å²) in [7, 11) is 0. The lowest BCUT2D eigenvalue weighted by Gasteiger charge is -2.24. The third kappa shape index (κ3) is 11.5. The summed E-state index contributed by atoms with van der Waals surface area (Å²) in [5.74, 6) is -5.60. The molecule has 0 aliphatic heterocycles. The Kier molecular flexibility index (Phi) is 15.9. The molecule has 0 saturated heterocycles. The quantitative estimate of drug-likeness (QED) is 0.0845. The van der Waals surface area contributed by atoms with Crippen LogP contribution in [0, 0.1) is 0 Å².